The summed E-state index contributed by atoms with van der Waals surface area (Å²) in [7, 11) is 0. The maximum atomic E-state index is 12.6. The van der Waals surface area contributed by atoms with Gasteiger partial charge in [0.05, 0.1) is 0 Å². The molecule has 6 heteroatoms. The van der Waals surface area contributed by atoms with Gasteiger partial charge in [-0.1, -0.05) is 24.3 Å². The normalized spacial score (nSPS) is 13.5. The lowest BCUT2D eigenvalue weighted by Gasteiger charge is -2.27. The summed E-state index contributed by atoms with van der Waals surface area (Å²) >= 11 is 4.05. The summed E-state index contributed by atoms with van der Waals surface area (Å²) in [6.07, 6.45) is 0.977. The van der Waals surface area contributed by atoms with Gasteiger partial charge in [0.1, 0.15) is 6.67 Å². The van der Waals surface area contributed by atoms with Crippen molar-refractivity contribution in [3.8, 4) is 0 Å². The second kappa shape index (κ2) is 6.42. The molecule has 3 amide bonds. The highest BCUT2D eigenvalue weighted by atomic mass is 32.1. The molecule has 1 aliphatic rings. The van der Waals surface area contributed by atoms with Crippen LogP contribution in [-0.2, 0) is 4.79 Å². The summed E-state index contributed by atoms with van der Waals surface area (Å²) in [5.41, 5.74) is 0.976. The minimum absolute atomic E-state index is 0.117. The molecule has 2 aromatic carbocycles. The van der Waals surface area contributed by atoms with E-state index in [-0.39, 0.29) is 24.4 Å². The van der Waals surface area contributed by atoms with Crippen molar-refractivity contribution in [1.29, 1.82) is 0 Å². The molecule has 2 aromatic rings. The molecule has 0 atom stereocenters. The first kappa shape index (κ1) is 15.6. The second-order valence-corrected chi connectivity index (χ2v) is 5.78. The van der Waals surface area contributed by atoms with Crippen LogP contribution in [0.2, 0.25) is 0 Å². The van der Waals surface area contributed by atoms with E-state index in [4.69, 9.17) is 0 Å². The fourth-order valence-corrected chi connectivity index (χ4v) is 2.88. The van der Waals surface area contributed by atoms with Crippen molar-refractivity contribution in [1.82, 2.24) is 10.2 Å². The Morgan fingerprint density at radius 2 is 1.65 bits per heavy atom. The molecule has 1 N–H and O–H groups in total. The zero-order valence-corrected chi connectivity index (χ0v) is 13.3. The maximum absolute atomic E-state index is 12.6. The van der Waals surface area contributed by atoms with Gasteiger partial charge in [-0.3, -0.25) is 19.3 Å². The Kier molecular flexibility index (Phi) is 4.34. The molecule has 3 rings (SSSR count). The number of carbonyl (C=O) groups excluding carboxylic acids is 3. The molecule has 0 radical (unpaired) electrons. The van der Waals surface area contributed by atoms with Crippen LogP contribution >= 0.6 is 12.6 Å². The molecule has 0 aromatic heterocycles. The number of nitrogens with zero attached hydrogens (tertiary/aromatic N) is 1. The third-order valence-corrected chi connectivity index (χ3v) is 4.17. The van der Waals surface area contributed by atoms with Gasteiger partial charge in [-0.25, -0.2) is 0 Å². The zero-order chi connectivity index (χ0) is 16.4. The molecule has 118 valence electrons. The summed E-state index contributed by atoms with van der Waals surface area (Å²) in [5, 5.41) is 4.17. The number of rotatable bonds is 5. The van der Waals surface area contributed by atoms with Crippen molar-refractivity contribution in [2.45, 2.75) is 12.8 Å². The van der Waals surface area contributed by atoms with Gasteiger partial charge >= 0.3 is 0 Å². The maximum Gasteiger partial charge on any atom is 0.262 e. The van der Waals surface area contributed by atoms with Crippen LogP contribution in [0, 0.1) is 0 Å². The van der Waals surface area contributed by atoms with Gasteiger partial charge in [0.15, 0.2) is 0 Å². The first-order chi connectivity index (χ1) is 11.1. The average molecular weight is 328 g/mol. The SMILES string of the molecule is O=C(CCCS)NCN1C(=O)c2cccc3cccc(c23)C1=O. The predicted molar refractivity (Wildman–Crippen MR) is 90.5 cm³/mol. The van der Waals surface area contributed by atoms with Gasteiger partial charge in [-0.15, -0.1) is 0 Å². The van der Waals surface area contributed by atoms with E-state index in [1.165, 1.54) is 0 Å². The molecule has 0 fully saturated rings. The molecule has 0 aliphatic carbocycles. The molecule has 0 bridgehead atoms. The number of nitrogens with one attached hydrogen (secondary N) is 1. The lowest BCUT2D eigenvalue weighted by molar-refractivity contribution is -0.121. The fourth-order valence-electron chi connectivity index (χ4n) is 2.72. The number of hydrogen-bond acceptors (Lipinski definition) is 4. The van der Waals surface area contributed by atoms with E-state index in [0.717, 1.165) is 10.3 Å². The largest absolute Gasteiger partial charge is 0.338 e. The van der Waals surface area contributed by atoms with Crippen molar-refractivity contribution in [2.24, 2.45) is 0 Å². The quantitative estimate of drug-likeness (QED) is 0.653. The van der Waals surface area contributed by atoms with Crippen molar-refractivity contribution in [3.63, 3.8) is 0 Å². The molecule has 1 aliphatic heterocycles. The highest BCUT2D eigenvalue weighted by molar-refractivity contribution is 7.80. The van der Waals surface area contributed by atoms with Crippen LogP contribution in [-0.4, -0.2) is 35.0 Å². The van der Waals surface area contributed by atoms with Crippen LogP contribution in [0.5, 0.6) is 0 Å². The Labute approximate surface area is 139 Å². The van der Waals surface area contributed by atoms with Crippen molar-refractivity contribution in [3.05, 3.63) is 47.5 Å². The Morgan fingerprint density at radius 1 is 1.04 bits per heavy atom. The fraction of sp³-hybridized carbons (Fsp3) is 0.235. The monoisotopic (exact) mass is 328 g/mol. The number of amides is 3. The molecule has 0 unspecified atom stereocenters. The summed E-state index contributed by atoms with van der Waals surface area (Å²) in [6.45, 7) is -0.117. The Morgan fingerprint density at radius 3 is 2.22 bits per heavy atom. The highest BCUT2D eigenvalue weighted by Crippen LogP contribution is 2.29. The van der Waals surface area contributed by atoms with Gasteiger partial charge in [0, 0.05) is 22.9 Å². The predicted octanol–water partition coefficient (Wildman–Crippen LogP) is 2.22. The molecule has 0 saturated carbocycles. The molecule has 0 spiro atoms. The molecule has 0 saturated heterocycles. The van der Waals surface area contributed by atoms with Crippen LogP contribution < -0.4 is 5.32 Å². The van der Waals surface area contributed by atoms with Gasteiger partial charge in [-0.2, -0.15) is 12.6 Å². The van der Waals surface area contributed by atoms with E-state index in [9.17, 15) is 14.4 Å². The smallest absolute Gasteiger partial charge is 0.262 e. The second-order valence-electron chi connectivity index (χ2n) is 5.33. The molecule has 5 nitrogen and oxygen atoms in total. The molecular formula is C17H16N2O3S. The minimum Gasteiger partial charge on any atom is -0.338 e. The van der Waals surface area contributed by atoms with Crippen molar-refractivity contribution >= 4 is 41.1 Å². The Hall–Kier alpha value is -2.34. The third-order valence-electron chi connectivity index (χ3n) is 3.85. The van der Waals surface area contributed by atoms with Crippen LogP contribution in [0.25, 0.3) is 10.8 Å². The number of imide groups is 1. The number of carbonyl (C=O) groups is 3. The third kappa shape index (κ3) is 2.82. The summed E-state index contributed by atoms with van der Waals surface area (Å²) in [5.74, 6) is -0.344. The van der Waals surface area contributed by atoms with Crippen molar-refractivity contribution < 1.29 is 14.4 Å². The molecule has 1 heterocycles. The summed E-state index contributed by atoms with van der Waals surface area (Å²) in [4.78, 5) is 37.9. The summed E-state index contributed by atoms with van der Waals surface area (Å²) < 4.78 is 0. The zero-order valence-electron chi connectivity index (χ0n) is 12.4. The van der Waals surface area contributed by atoms with E-state index < -0.39 is 0 Å². The Balaban J connectivity index is 1.87. The van der Waals surface area contributed by atoms with Gasteiger partial charge < -0.3 is 5.32 Å². The first-order valence-corrected chi connectivity index (χ1v) is 8.02. The topological polar surface area (TPSA) is 66.5 Å². The Bertz CT molecular complexity index is 753. The lowest BCUT2D eigenvalue weighted by Crippen LogP contribution is -2.46. The van der Waals surface area contributed by atoms with E-state index in [0.29, 0.717) is 35.1 Å². The van der Waals surface area contributed by atoms with Crippen LogP contribution in [0.4, 0.5) is 0 Å². The van der Waals surface area contributed by atoms with Gasteiger partial charge in [0.2, 0.25) is 5.91 Å². The molecular weight excluding hydrogens is 312 g/mol. The number of benzene rings is 2. The van der Waals surface area contributed by atoms with Crippen LogP contribution in [0.3, 0.4) is 0 Å². The highest BCUT2D eigenvalue weighted by Gasteiger charge is 2.32. The van der Waals surface area contributed by atoms with E-state index >= 15 is 0 Å². The van der Waals surface area contributed by atoms with E-state index in [1.807, 2.05) is 12.1 Å². The standard InChI is InChI=1S/C17H16N2O3S/c20-14(8-3-9-23)18-10-19-16(21)12-6-1-4-11-5-2-7-13(15(11)12)17(19)22/h1-2,4-7,23H,3,8-10H2,(H,18,20). The van der Waals surface area contributed by atoms with E-state index in [1.54, 1.807) is 24.3 Å². The van der Waals surface area contributed by atoms with Crippen LogP contribution in [0.1, 0.15) is 33.6 Å². The number of thiol groups is 1. The molecule has 23 heavy (non-hydrogen) atoms. The van der Waals surface area contributed by atoms with E-state index in [2.05, 4.69) is 17.9 Å². The van der Waals surface area contributed by atoms with Crippen molar-refractivity contribution in [2.75, 3.05) is 12.4 Å². The minimum atomic E-state index is -0.381. The van der Waals surface area contributed by atoms with Gasteiger partial charge in [-0.05, 0) is 29.7 Å². The lowest BCUT2D eigenvalue weighted by atomic mass is 9.94. The first-order valence-electron chi connectivity index (χ1n) is 7.39. The number of hydrogen-bond donors (Lipinski definition) is 2. The average Bonchev–Trinajstić information content (AvgIpc) is 2.57. The summed E-state index contributed by atoms with van der Waals surface area (Å²) in [6, 6.07) is 10.7. The van der Waals surface area contributed by atoms with Gasteiger partial charge in [0.25, 0.3) is 11.8 Å². The van der Waals surface area contributed by atoms with Crippen LogP contribution in [0.15, 0.2) is 36.4 Å².